The fourth-order valence-electron chi connectivity index (χ4n) is 2.92. The van der Waals surface area contributed by atoms with E-state index in [-0.39, 0.29) is 12.5 Å². The maximum atomic E-state index is 12.1. The number of rotatable bonds is 5. The van der Waals surface area contributed by atoms with E-state index in [1.54, 1.807) is 13.2 Å². The number of amides is 1. The second kappa shape index (κ2) is 7.18. The molecule has 2 aromatic carbocycles. The molecule has 0 saturated heterocycles. The lowest BCUT2D eigenvalue weighted by molar-refractivity contribution is -0.118. The number of benzene rings is 2. The largest absolute Gasteiger partial charge is 0.497 e. The lowest BCUT2D eigenvalue weighted by Gasteiger charge is -2.19. The van der Waals surface area contributed by atoms with Crippen LogP contribution in [-0.4, -0.2) is 19.6 Å². The Morgan fingerprint density at radius 3 is 2.83 bits per heavy atom. The second-order valence-corrected chi connectivity index (χ2v) is 5.67. The molecule has 0 aliphatic heterocycles. The van der Waals surface area contributed by atoms with Crippen LogP contribution in [0, 0.1) is 0 Å². The summed E-state index contributed by atoms with van der Waals surface area (Å²) in [5.41, 5.74) is 3.31. The number of anilines is 1. The smallest absolute Gasteiger partial charge is 0.262 e. The number of hydrogen-bond donors (Lipinski definition) is 1. The summed E-state index contributed by atoms with van der Waals surface area (Å²) in [6, 6.07) is 13.4. The predicted molar refractivity (Wildman–Crippen MR) is 90.2 cm³/mol. The zero-order valence-corrected chi connectivity index (χ0v) is 13.3. The molecule has 0 aromatic heterocycles. The maximum Gasteiger partial charge on any atom is 0.262 e. The van der Waals surface area contributed by atoms with Gasteiger partial charge in [-0.25, -0.2) is 0 Å². The van der Waals surface area contributed by atoms with Gasteiger partial charge in [-0.1, -0.05) is 18.2 Å². The highest BCUT2D eigenvalue weighted by atomic mass is 16.5. The fourth-order valence-corrected chi connectivity index (χ4v) is 2.92. The van der Waals surface area contributed by atoms with E-state index < -0.39 is 0 Å². The maximum absolute atomic E-state index is 12.1. The van der Waals surface area contributed by atoms with Crippen molar-refractivity contribution in [3.8, 4) is 11.5 Å². The molecule has 0 radical (unpaired) electrons. The fraction of sp³-hybridized carbons (Fsp3) is 0.316. The molecule has 0 heterocycles. The first-order chi connectivity index (χ1) is 11.3. The SMILES string of the molecule is COc1cccc(NC(=O)COc2cccc3c2CCCC3)c1. The van der Waals surface area contributed by atoms with E-state index in [2.05, 4.69) is 11.4 Å². The first kappa shape index (κ1) is 15.4. The minimum Gasteiger partial charge on any atom is -0.497 e. The molecule has 0 saturated carbocycles. The Bertz CT molecular complexity index is 697. The number of fused-ring (bicyclic) bond motifs is 1. The third kappa shape index (κ3) is 3.83. The average molecular weight is 311 g/mol. The number of nitrogens with one attached hydrogen (secondary N) is 1. The predicted octanol–water partition coefficient (Wildman–Crippen LogP) is 3.59. The monoisotopic (exact) mass is 311 g/mol. The van der Waals surface area contributed by atoms with Crippen LogP contribution >= 0.6 is 0 Å². The molecule has 1 aliphatic carbocycles. The molecule has 4 heteroatoms. The molecule has 0 spiro atoms. The van der Waals surface area contributed by atoms with Gasteiger partial charge in [0.25, 0.3) is 5.91 Å². The third-order valence-electron chi connectivity index (χ3n) is 4.07. The van der Waals surface area contributed by atoms with Crippen LogP contribution in [0.4, 0.5) is 5.69 Å². The van der Waals surface area contributed by atoms with E-state index in [4.69, 9.17) is 9.47 Å². The standard InChI is InChI=1S/C19H21NO3/c1-22-16-9-5-8-15(12-16)20-19(21)13-23-18-11-4-7-14-6-2-3-10-17(14)18/h4-5,7-9,11-12H,2-3,6,10,13H2,1H3,(H,20,21). The highest BCUT2D eigenvalue weighted by molar-refractivity contribution is 5.92. The van der Waals surface area contributed by atoms with E-state index in [9.17, 15) is 4.79 Å². The Morgan fingerprint density at radius 1 is 1.13 bits per heavy atom. The molecule has 0 fully saturated rings. The van der Waals surface area contributed by atoms with Crippen molar-refractivity contribution in [3.05, 3.63) is 53.6 Å². The first-order valence-corrected chi connectivity index (χ1v) is 7.94. The van der Waals surface area contributed by atoms with Crippen molar-refractivity contribution in [2.24, 2.45) is 0 Å². The van der Waals surface area contributed by atoms with E-state index in [0.29, 0.717) is 11.4 Å². The van der Waals surface area contributed by atoms with Gasteiger partial charge in [-0.15, -0.1) is 0 Å². The summed E-state index contributed by atoms with van der Waals surface area (Å²) in [5, 5.41) is 2.82. The van der Waals surface area contributed by atoms with Crippen molar-refractivity contribution >= 4 is 11.6 Å². The molecular formula is C19H21NO3. The number of aryl methyl sites for hydroxylation is 1. The van der Waals surface area contributed by atoms with Gasteiger partial charge in [0.1, 0.15) is 11.5 Å². The summed E-state index contributed by atoms with van der Waals surface area (Å²) in [7, 11) is 1.60. The molecule has 23 heavy (non-hydrogen) atoms. The van der Waals surface area contributed by atoms with Crippen molar-refractivity contribution < 1.29 is 14.3 Å². The summed E-state index contributed by atoms with van der Waals surface area (Å²) in [6.45, 7) is 0.00760. The topological polar surface area (TPSA) is 47.6 Å². The summed E-state index contributed by atoms with van der Waals surface area (Å²) in [5.74, 6) is 1.37. The molecule has 1 amide bonds. The summed E-state index contributed by atoms with van der Waals surface area (Å²) < 4.78 is 10.9. The van der Waals surface area contributed by atoms with Crippen LogP contribution in [0.25, 0.3) is 0 Å². The van der Waals surface area contributed by atoms with Gasteiger partial charge in [0, 0.05) is 11.8 Å². The number of hydrogen-bond acceptors (Lipinski definition) is 3. The van der Waals surface area contributed by atoms with E-state index in [0.717, 1.165) is 18.6 Å². The Labute approximate surface area is 136 Å². The lowest BCUT2D eigenvalue weighted by Crippen LogP contribution is -2.21. The van der Waals surface area contributed by atoms with Crippen LogP contribution in [0.3, 0.4) is 0 Å². The van der Waals surface area contributed by atoms with Crippen LogP contribution in [-0.2, 0) is 17.6 Å². The molecule has 2 aromatic rings. The summed E-state index contributed by atoms with van der Waals surface area (Å²) in [4.78, 5) is 12.1. The van der Waals surface area contributed by atoms with E-state index >= 15 is 0 Å². The molecule has 120 valence electrons. The Morgan fingerprint density at radius 2 is 1.96 bits per heavy atom. The average Bonchev–Trinajstić information content (AvgIpc) is 2.60. The normalized spacial score (nSPS) is 13.1. The van der Waals surface area contributed by atoms with Gasteiger partial charge >= 0.3 is 0 Å². The van der Waals surface area contributed by atoms with Gasteiger partial charge in [0.15, 0.2) is 6.61 Å². The van der Waals surface area contributed by atoms with Gasteiger partial charge in [0.2, 0.25) is 0 Å². The van der Waals surface area contributed by atoms with Crippen LogP contribution in [0.15, 0.2) is 42.5 Å². The quantitative estimate of drug-likeness (QED) is 0.918. The van der Waals surface area contributed by atoms with Crippen molar-refractivity contribution in [1.82, 2.24) is 0 Å². The van der Waals surface area contributed by atoms with Crippen molar-refractivity contribution in [2.75, 3.05) is 19.0 Å². The molecule has 0 unspecified atom stereocenters. The van der Waals surface area contributed by atoms with Crippen LogP contribution in [0.5, 0.6) is 11.5 Å². The van der Waals surface area contributed by atoms with Crippen LogP contribution in [0.1, 0.15) is 24.0 Å². The molecule has 4 nitrogen and oxygen atoms in total. The molecule has 0 bridgehead atoms. The number of methoxy groups -OCH3 is 1. The molecular weight excluding hydrogens is 290 g/mol. The van der Waals surface area contributed by atoms with Crippen LogP contribution in [0.2, 0.25) is 0 Å². The number of carbonyl (C=O) groups is 1. The van der Waals surface area contributed by atoms with Gasteiger partial charge in [-0.05, 0) is 55.0 Å². The number of carbonyl (C=O) groups excluding carboxylic acids is 1. The number of ether oxygens (including phenoxy) is 2. The molecule has 1 N–H and O–H groups in total. The Balaban J connectivity index is 1.61. The Hall–Kier alpha value is -2.49. The second-order valence-electron chi connectivity index (χ2n) is 5.67. The Kier molecular flexibility index (Phi) is 4.81. The zero-order chi connectivity index (χ0) is 16.1. The minimum absolute atomic E-state index is 0.00760. The van der Waals surface area contributed by atoms with Crippen molar-refractivity contribution in [1.29, 1.82) is 0 Å². The van der Waals surface area contributed by atoms with E-state index in [1.165, 1.54) is 24.0 Å². The highest BCUT2D eigenvalue weighted by Gasteiger charge is 2.14. The van der Waals surface area contributed by atoms with Crippen LogP contribution < -0.4 is 14.8 Å². The molecule has 0 atom stereocenters. The lowest BCUT2D eigenvalue weighted by atomic mass is 9.91. The van der Waals surface area contributed by atoms with Gasteiger partial charge in [0.05, 0.1) is 7.11 Å². The zero-order valence-electron chi connectivity index (χ0n) is 13.3. The third-order valence-corrected chi connectivity index (χ3v) is 4.07. The van der Waals surface area contributed by atoms with Gasteiger partial charge in [-0.3, -0.25) is 4.79 Å². The highest BCUT2D eigenvalue weighted by Crippen LogP contribution is 2.29. The first-order valence-electron chi connectivity index (χ1n) is 7.94. The summed E-state index contributed by atoms with van der Waals surface area (Å²) >= 11 is 0. The molecule has 3 rings (SSSR count). The van der Waals surface area contributed by atoms with Crippen molar-refractivity contribution in [2.45, 2.75) is 25.7 Å². The summed E-state index contributed by atoms with van der Waals surface area (Å²) in [6.07, 6.45) is 4.54. The van der Waals surface area contributed by atoms with Crippen molar-refractivity contribution in [3.63, 3.8) is 0 Å². The molecule has 1 aliphatic rings. The van der Waals surface area contributed by atoms with E-state index in [1.807, 2.05) is 30.3 Å². The minimum atomic E-state index is -0.174. The van der Waals surface area contributed by atoms with Gasteiger partial charge in [-0.2, -0.15) is 0 Å². The van der Waals surface area contributed by atoms with Gasteiger partial charge < -0.3 is 14.8 Å².